The standard InChI is InChI=1S/C20H20O11/c21-8-4-11(23)9-6-14(30-20-17(27)15(25)16(26)19(28)31-20)18(29-13(9)5-8)7-1-2-10(22)12(24)3-7/h1-6,15-28H/t15-,16-,17+,18?,19-,20+/m0/s1. The molecule has 6 atom stereocenters. The molecule has 2 heterocycles. The molecular weight excluding hydrogens is 416 g/mol. The molecule has 0 radical (unpaired) electrons. The van der Waals surface area contributed by atoms with Crippen LogP contribution in [0.2, 0.25) is 0 Å². The summed E-state index contributed by atoms with van der Waals surface area (Å²) in [6.07, 6.45) is -8.54. The number of ether oxygens (including phenoxy) is 3. The number of aromatic hydroxyl groups is 4. The van der Waals surface area contributed by atoms with Crippen molar-refractivity contribution in [3.8, 4) is 28.7 Å². The van der Waals surface area contributed by atoms with Gasteiger partial charge in [-0.2, -0.15) is 0 Å². The maximum Gasteiger partial charge on any atom is 0.230 e. The second kappa shape index (κ2) is 7.80. The van der Waals surface area contributed by atoms with E-state index in [0.29, 0.717) is 0 Å². The molecule has 1 unspecified atom stereocenters. The molecule has 1 fully saturated rings. The van der Waals surface area contributed by atoms with Gasteiger partial charge in [-0.05, 0) is 18.2 Å². The smallest absolute Gasteiger partial charge is 0.230 e. The van der Waals surface area contributed by atoms with Gasteiger partial charge in [0, 0.05) is 17.7 Å². The monoisotopic (exact) mass is 436 g/mol. The molecule has 0 amide bonds. The molecule has 0 aliphatic carbocycles. The van der Waals surface area contributed by atoms with E-state index in [0.717, 1.165) is 6.07 Å². The SMILES string of the molecule is Oc1cc(O)c2c(c1)OC(c1ccc(O)c(O)c1)C(O[C@@H]1O[C@H](O)[C@@H](O)[C@H](O)[C@H]1O)=C2. The minimum absolute atomic E-state index is 0.0709. The zero-order valence-electron chi connectivity index (χ0n) is 15.7. The highest BCUT2D eigenvalue weighted by atomic mass is 16.7. The average molecular weight is 436 g/mol. The first-order chi connectivity index (χ1) is 14.7. The van der Waals surface area contributed by atoms with Gasteiger partial charge in [0.2, 0.25) is 6.29 Å². The lowest BCUT2D eigenvalue weighted by Gasteiger charge is -2.39. The Morgan fingerprint density at radius 3 is 2.23 bits per heavy atom. The Kier molecular flexibility index (Phi) is 5.29. The second-order valence-corrected chi connectivity index (χ2v) is 7.15. The molecule has 2 aromatic carbocycles. The molecule has 0 bridgehead atoms. The van der Waals surface area contributed by atoms with E-state index >= 15 is 0 Å². The van der Waals surface area contributed by atoms with Gasteiger partial charge in [-0.25, -0.2) is 0 Å². The van der Waals surface area contributed by atoms with Crippen molar-refractivity contribution in [3.05, 3.63) is 47.2 Å². The zero-order valence-corrected chi connectivity index (χ0v) is 15.7. The van der Waals surface area contributed by atoms with Crippen LogP contribution < -0.4 is 4.74 Å². The lowest BCUT2D eigenvalue weighted by Crippen LogP contribution is -2.58. The van der Waals surface area contributed by atoms with E-state index in [2.05, 4.69) is 0 Å². The quantitative estimate of drug-likeness (QED) is 0.296. The van der Waals surface area contributed by atoms with Gasteiger partial charge in [0.25, 0.3) is 0 Å². The molecule has 0 saturated carbocycles. The van der Waals surface area contributed by atoms with Gasteiger partial charge >= 0.3 is 0 Å². The van der Waals surface area contributed by atoms with Gasteiger partial charge in [-0.1, -0.05) is 6.07 Å². The summed E-state index contributed by atoms with van der Waals surface area (Å²) in [6.45, 7) is 0. The fraction of sp³-hybridized carbons (Fsp3) is 0.300. The first kappa shape index (κ1) is 21.0. The molecule has 11 nitrogen and oxygen atoms in total. The number of phenolic OH excluding ortho intramolecular Hbond substituents is 4. The number of fused-ring (bicyclic) bond motifs is 1. The third-order valence-corrected chi connectivity index (χ3v) is 4.99. The zero-order chi connectivity index (χ0) is 22.4. The van der Waals surface area contributed by atoms with Gasteiger partial charge in [0.15, 0.2) is 23.9 Å². The molecule has 2 aliphatic rings. The first-order valence-corrected chi connectivity index (χ1v) is 9.16. The summed E-state index contributed by atoms with van der Waals surface area (Å²) in [7, 11) is 0. The lowest BCUT2D eigenvalue weighted by atomic mass is 10.00. The van der Waals surface area contributed by atoms with E-state index in [1.54, 1.807) is 0 Å². The summed E-state index contributed by atoms with van der Waals surface area (Å²) < 4.78 is 16.5. The van der Waals surface area contributed by atoms with E-state index in [1.807, 2.05) is 0 Å². The predicted molar refractivity (Wildman–Crippen MR) is 101 cm³/mol. The molecule has 166 valence electrons. The minimum atomic E-state index is -1.85. The molecule has 2 aromatic rings. The number of benzene rings is 2. The van der Waals surface area contributed by atoms with Crippen molar-refractivity contribution >= 4 is 6.08 Å². The van der Waals surface area contributed by atoms with Crippen LogP contribution in [0.5, 0.6) is 28.7 Å². The highest BCUT2D eigenvalue weighted by Crippen LogP contribution is 2.45. The molecule has 0 aromatic heterocycles. The van der Waals surface area contributed by atoms with Crippen LogP contribution in [0.25, 0.3) is 6.08 Å². The summed E-state index contributed by atoms with van der Waals surface area (Å²) in [4.78, 5) is 0. The van der Waals surface area contributed by atoms with Crippen LogP contribution in [0.1, 0.15) is 17.2 Å². The maximum atomic E-state index is 10.2. The molecule has 31 heavy (non-hydrogen) atoms. The Bertz CT molecular complexity index is 1020. The van der Waals surface area contributed by atoms with E-state index in [-0.39, 0.29) is 39.9 Å². The Hall–Kier alpha value is -3.22. The van der Waals surface area contributed by atoms with Crippen LogP contribution >= 0.6 is 0 Å². The summed E-state index contributed by atoms with van der Waals surface area (Å²) in [5, 5.41) is 78.8. The minimum Gasteiger partial charge on any atom is -0.508 e. The predicted octanol–water partition coefficient (Wildman–Crippen LogP) is -0.242. The third-order valence-electron chi connectivity index (χ3n) is 4.99. The number of rotatable bonds is 3. The number of phenols is 4. The number of hydrogen-bond acceptors (Lipinski definition) is 11. The normalized spacial score (nSPS) is 30.1. The number of aliphatic hydroxyl groups is 4. The van der Waals surface area contributed by atoms with Crippen LogP contribution in [0.4, 0.5) is 0 Å². The van der Waals surface area contributed by atoms with Crippen molar-refractivity contribution < 1.29 is 55.1 Å². The highest BCUT2D eigenvalue weighted by molar-refractivity contribution is 5.69. The van der Waals surface area contributed by atoms with Crippen molar-refractivity contribution in [2.45, 2.75) is 37.0 Å². The van der Waals surface area contributed by atoms with Crippen LogP contribution in [-0.4, -0.2) is 71.7 Å². The van der Waals surface area contributed by atoms with E-state index in [1.165, 1.54) is 30.3 Å². The number of hydrogen-bond donors (Lipinski definition) is 8. The lowest BCUT2D eigenvalue weighted by molar-refractivity contribution is -0.333. The van der Waals surface area contributed by atoms with Gasteiger partial charge in [-0.3, -0.25) is 0 Å². The summed E-state index contributed by atoms with van der Waals surface area (Å²) in [5.74, 6) is -1.45. The second-order valence-electron chi connectivity index (χ2n) is 7.15. The fourth-order valence-electron chi connectivity index (χ4n) is 3.34. The van der Waals surface area contributed by atoms with Gasteiger partial charge in [0.1, 0.15) is 41.3 Å². The fourth-order valence-corrected chi connectivity index (χ4v) is 3.34. The Morgan fingerprint density at radius 1 is 0.774 bits per heavy atom. The van der Waals surface area contributed by atoms with Gasteiger partial charge < -0.3 is 55.1 Å². The number of aliphatic hydroxyl groups excluding tert-OH is 4. The summed E-state index contributed by atoms with van der Waals surface area (Å²) in [6, 6.07) is 6.12. The van der Waals surface area contributed by atoms with Crippen molar-refractivity contribution in [2.24, 2.45) is 0 Å². The maximum absolute atomic E-state index is 10.2. The average Bonchev–Trinajstić information content (AvgIpc) is 2.72. The molecule has 0 spiro atoms. The van der Waals surface area contributed by atoms with Crippen LogP contribution in [0.3, 0.4) is 0 Å². The van der Waals surface area contributed by atoms with Crippen molar-refractivity contribution in [2.75, 3.05) is 0 Å². The third kappa shape index (κ3) is 3.80. The molecule has 1 saturated heterocycles. The Labute approximate surface area is 174 Å². The van der Waals surface area contributed by atoms with Gasteiger partial charge in [-0.15, -0.1) is 0 Å². The topological polar surface area (TPSA) is 190 Å². The van der Waals surface area contributed by atoms with E-state index < -0.39 is 42.7 Å². The van der Waals surface area contributed by atoms with Gasteiger partial charge in [0.05, 0.1) is 5.56 Å². The Balaban J connectivity index is 1.74. The molecular formula is C20H20O11. The van der Waals surface area contributed by atoms with Crippen molar-refractivity contribution in [3.63, 3.8) is 0 Å². The summed E-state index contributed by atoms with van der Waals surface area (Å²) >= 11 is 0. The van der Waals surface area contributed by atoms with E-state index in [9.17, 15) is 40.9 Å². The van der Waals surface area contributed by atoms with Crippen molar-refractivity contribution in [1.29, 1.82) is 0 Å². The molecule has 2 aliphatic heterocycles. The van der Waals surface area contributed by atoms with Crippen LogP contribution in [0.15, 0.2) is 36.1 Å². The Morgan fingerprint density at radius 2 is 1.52 bits per heavy atom. The molecule has 8 N–H and O–H groups in total. The molecule has 11 heteroatoms. The van der Waals surface area contributed by atoms with Crippen molar-refractivity contribution in [1.82, 2.24) is 0 Å². The largest absolute Gasteiger partial charge is 0.508 e. The highest BCUT2D eigenvalue weighted by Gasteiger charge is 2.45. The van der Waals surface area contributed by atoms with Crippen LogP contribution in [-0.2, 0) is 9.47 Å². The summed E-state index contributed by atoms with van der Waals surface area (Å²) in [5.41, 5.74) is 0.403. The van der Waals surface area contributed by atoms with Crippen LogP contribution in [0, 0.1) is 0 Å². The first-order valence-electron chi connectivity index (χ1n) is 9.16. The van der Waals surface area contributed by atoms with E-state index in [4.69, 9.17) is 14.2 Å². The molecule has 4 rings (SSSR count).